The fraction of sp³-hybridized carbons (Fsp3) is 0.840. The molecular formula is C81H150O16P2. The second kappa shape index (κ2) is 74.9. The highest BCUT2D eigenvalue weighted by Gasteiger charge is 2.29. The second-order valence-corrected chi connectivity index (χ2v) is 30.5. The molecule has 0 saturated carbocycles. The van der Waals surface area contributed by atoms with Gasteiger partial charge in [-0.15, -0.1) is 0 Å². The van der Waals surface area contributed by atoms with E-state index in [4.69, 9.17) is 32.3 Å². The zero-order chi connectivity index (χ0) is 72.3. The Bertz CT molecular complexity index is 2050. The highest BCUT2D eigenvalue weighted by Crippen LogP contribution is 2.45. The van der Waals surface area contributed by atoms with Gasteiger partial charge in [0.2, 0.25) is 0 Å². The molecule has 0 fully saturated rings. The molecule has 0 aliphatic carbocycles. The molecule has 0 heterocycles. The van der Waals surface area contributed by atoms with Gasteiger partial charge in [-0.05, 0) is 64.2 Å². The van der Waals surface area contributed by atoms with Gasteiger partial charge in [-0.25, -0.2) is 9.13 Å². The minimum absolute atomic E-state index is 0.115. The van der Waals surface area contributed by atoms with E-state index < -0.39 is 91.5 Å². The average molecular weight is 1440 g/mol. The largest absolute Gasteiger partial charge is 0.472 e. The first kappa shape index (κ1) is 96.2. The molecule has 99 heavy (non-hydrogen) atoms. The molecule has 5 unspecified atom stereocenters. The first-order chi connectivity index (χ1) is 48.2. The van der Waals surface area contributed by atoms with Crippen molar-refractivity contribution in [1.29, 1.82) is 0 Å². The van der Waals surface area contributed by atoms with Gasteiger partial charge in [0.05, 0.1) is 26.4 Å². The third kappa shape index (κ3) is 76.2. The normalized spacial score (nSPS) is 14.3. The van der Waals surface area contributed by atoms with Crippen LogP contribution in [0, 0.1) is 0 Å². The molecule has 0 amide bonds. The zero-order valence-electron chi connectivity index (χ0n) is 63.4. The standard InChI is InChI=1S/C81H150O16P2/c1-4-7-10-13-16-19-22-25-28-29-30-31-32-33-34-35-36-37-38-39-40-41-42-43-44-45-48-50-52-55-58-61-64-67-79(84)91-70-76(82)71-93-98(87,88)94-72-77(83)73-95-99(89,90)96-75-78(97-81(86)69-66-63-60-57-54-51-47-27-24-21-18-15-12-9-6-3)74-92-80(85)68-65-62-59-56-53-49-46-26-23-20-17-14-11-8-5-2/h7,10,16,19,25,28,30-31,33-34,76-78,82-83H,4-6,8-9,11-15,17-18,20-24,26-27,29,32,35-75H2,1-3H3,(H,87,88)(H,89,90)/b10-7-,19-16-,28-25-,31-30-,34-33-. The van der Waals surface area contributed by atoms with Gasteiger partial charge >= 0.3 is 33.6 Å². The summed E-state index contributed by atoms with van der Waals surface area (Å²) in [5.74, 6) is -1.54. The monoisotopic (exact) mass is 1440 g/mol. The van der Waals surface area contributed by atoms with E-state index in [2.05, 4.69) is 81.5 Å². The number of aliphatic hydroxyl groups excluding tert-OH is 2. The van der Waals surface area contributed by atoms with E-state index in [1.807, 2.05) is 0 Å². The molecule has 0 rings (SSSR count). The van der Waals surface area contributed by atoms with Crippen molar-refractivity contribution in [2.75, 3.05) is 39.6 Å². The van der Waals surface area contributed by atoms with Crippen LogP contribution in [-0.2, 0) is 55.8 Å². The van der Waals surface area contributed by atoms with E-state index in [-0.39, 0.29) is 19.3 Å². The maximum atomic E-state index is 12.9. The van der Waals surface area contributed by atoms with Gasteiger partial charge in [0.1, 0.15) is 25.4 Å². The maximum absolute atomic E-state index is 12.9. The van der Waals surface area contributed by atoms with Gasteiger partial charge in [0, 0.05) is 19.3 Å². The van der Waals surface area contributed by atoms with Crippen LogP contribution in [0.2, 0.25) is 0 Å². The fourth-order valence-electron chi connectivity index (χ4n) is 11.6. The van der Waals surface area contributed by atoms with Crippen molar-refractivity contribution in [2.45, 2.75) is 399 Å². The number of hydrogen-bond donors (Lipinski definition) is 4. The Balaban J connectivity index is 4.35. The molecule has 0 saturated heterocycles. The van der Waals surface area contributed by atoms with E-state index in [9.17, 15) is 43.5 Å². The Morgan fingerprint density at radius 2 is 0.535 bits per heavy atom. The lowest BCUT2D eigenvalue weighted by atomic mass is 10.0. The number of rotatable bonds is 78. The Labute approximate surface area is 605 Å². The van der Waals surface area contributed by atoms with E-state index in [0.29, 0.717) is 19.3 Å². The topological polar surface area (TPSA) is 231 Å². The number of carbonyl (C=O) groups excluding carboxylic acids is 3. The Kier molecular flexibility index (Phi) is 72.9. The van der Waals surface area contributed by atoms with Gasteiger partial charge in [-0.2, -0.15) is 0 Å². The lowest BCUT2D eigenvalue weighted by molar-refractivity contribution is -0.161. The Hall–Kier alpha value is -2.75. The van der Waals surface area contributed by atoms with Crippen LogP contribution in [0.3, 0.4) is 0 Å². The van der Waals surface area contributed by atoms with Crippen LogP contribution in [0.5, 0.6) is 0 Å². The summed E-state index contributed by atoms with van der Waals surface area (Å²) in [4.78, 5) is 58.6. The lowest BCUT2D eigenvalue weighted by Gasteiger charge is -2.21. The third-order valence-corrected chi connectivity index (χ3v) is 19.7. The summed E-state index contributed by atoms with van der Waals surface area (Å²) in [6.07, 6.45) is 81.4. The highest BCUT2D eigenvalue weighted by atomic mass is 31.2. The number of aliphatic hydroxyl groups is 2. The molecule has 4 N–H and O–H groups in total. The van der Waals surface area contributed by atoms with Crippen LogP contribution in [0.1, 0.15) is 380 Å². The molecule has 0 aliphatic heterocycles. The number of phosphoric ester groups is 2. The number of allylic oxidation sites excluding steroid dienone is 10. The molecule has 0 aromatic rings. The van der Waals surface area contributed by atoms with E-state index in [1.165, 1.54) is 231 Å². The molecule has 0 aromatic carbocycles. The molecule has 0 bridgehead atoms. The molecule has 580 valence electrons. The summed E-state index contributed by atoms with van der Waals surface area (Å²) < 4.78 is 61.1. The SMILES string of the molecule is CC/C=C\C/C=C\C/C=C\C/C=C\C/C=C\CCCCCCCCCCCCCCCCCCCC(=O)OCC(O)COP(=O)(O)OCC(O)COP(=O)(O)OCC(COC(=O)CCCCCCCCCCCCCCCCC)OC(=O)CCCCCCCCCCCCCCCCC. The number of ether oxygens (including phenoxy) is 3. The average Bonchev–Trinajstić information content (AvgIpc) is 1.43. The van der Waals surface area contributed by atoms with E-state index in [1.54, 1.807) is 0 Å². The molecule has 0 aromatic heterocycles. The first-order valence-electron chi connectivity index (χ1n) is 40.6. The lowest BCUT2D eigenvalue weighted by Crippen LogP contribution is -2.30. The number of carbonyl (C=O) groups is 3. The van der Waals surface area contributed by atoms with Gasteiger partial charge in [0.25, 0.3) is 0 Å². The van der Waals surface area contributed by atoms with Crippen LogP contribution < -0.4 is 0 Å². The molecule has 16 nitrogen and oxygen atoms in total. The number of unbranched alkanes of at least 4 members (excludes halogenated alkanes) is 45. The number of esters is 3. The summed E-state index contributed by atoms with van der Waals surface area (Å²) in [5, 5.41) is 20.6. The van der Waals surface area contributed by atoms with Gasteiger partial charge < -0.3 is 34.2 Å². The van der Waals surface area contributed by atoms with E-state index >= 15 is 0 Å². The predicted octanol–water partition coefficient (Wildman–Crippen LogP) is 23.7. The Morgan fingerprint density at radius 1 is 0.293 bits per heavy atom. The first-order valence-corrected chi connectivity index (χ1v) is 43.6. The second-order valence-electron chi connectivity index (χ2n) is 27.6. The number of hydrogen-bond acceptors (Lipinski definition) is 14. The smallest absolute Gasteiger partial charge is 0.463 e. The van der Waals surface area contributed by atoms with Crippen molar-refractivity contribution < 1.29 is 75.8 Å². The molecular weight excluding hydrogens is 1290 g/mol. The third-order valence-electron chi connectivity index (χ3n) is 17.8. The van der Waals surface area contributed by atoms with Crippen molar-refractivity contribution in [3.05, 3.63) is 60.8 Å². The van der Waals surface area contributed by atoms with Crippen molar-refractivity contribution in [3.8, 4) is 0 Å². The zero-order valence-corrected chi connectivity index (χ0v) is 65.2. The molecule has 0 spiro atoms. The van der Waals surface area contributed by atoms with Crippen LogP contribution in [-0.4, -0.2) is 95.9 Å². The number of phosphoric acid groups is 2. The van der Waals surface area contributed by atoms with Gasteiger partial charge in [-0.3, -0.25) is 32.5 Å². The minimum Gasteiger partial charge on any atom is -0.463 e. The van der Waals surface area contributed by atoms with Crippen molar-refractivity contribution in [2.24, 2.45) is 0 Å². The Morgan fingerprint density at radius 3 is 0.848 bits per heavy atom. The van der Waals surface area contributed by atoms with Gasteiger partial charge in [-0.1, -0.05) is 358 Å². The van der Waals surface area contributed by atoms with Crippen LogP contribution in [0.4, 0.5) is 0 Å². The van der Waals surface area contributed by atoms with Crippen molar-refractivity contribution in [1.82, 2.24) is 0 Å². The molecule has 5 atom stereocenters. The fourth-order valence-corrected chi connectivity index (χ4v) is 13.2. The summed E-state index contributed by atoms with van der Waals surface area (Å²) in [6.45, 7) is 2.65. The quantitative estimate of drug-likeness (QED) is 0.0146. The molecule has 0 radical (unpaired) electrons. The van der Waals surface area contributed by atoms with Crippen LogP contribution in [0.15, 0.2) is 60.8 Å². The van der Waals surface area contributed by atoms with Gasteiger partial charge in [0.15, 0.2) is 6.10 Å². The van der Waals surface area contributed by atoms with Crippen LogP contribution in [0.25, 0.3) is 0 Å². The summed E-state index contributed by atoms with van der Waals surface area (Å²) in [5.41, 5.74) is 0. The predicted molar refractivity (Wildman–Crippen MR) is 409 cm³/mol. The molecule has 18 heteroatoms. The summed E-state index contributed by atoms with van der Waals surface area (Å²) in [6, 6.07) is 0. The maximum Gasteiger partial charge on any atom is 0.472 e. The van der Waals surface area contributed by atoms with Crippen molar-refractivity contribution >= 4 is 33.6 Å². The molecule has 0 aliphatic rings. The highest BCUT2D eigenvalue weighted by molar-refractivity contribution is 7.47. The summed E-state index contributed by atoms with van der Waals surface area (Å²) >= 11 is 0. The van der Waals surface area contributed by atoms with Crippen molar-refractivity contribution in [3.63, 3.8) is 0 Å². The van der Waals surface area contributed by atoms with E-state index in [0.717, 1.165) is 89.9 Å². The summed E-state index contributed by atoms with van der Waals surface area (Å²) in [7, 11) is -9.76. The van der Waals surface area contributed by atoms with Crippen LogP contribution >= 0.6 is 15.6 Å². The minimum atomic E-state index is -4.92.